The van der Waals surface area contributed by atoms with Crippen LogP contribution >= 0.6 is 22.6 Å². The fourth-order valence-corrected chi connectivity index (χ4v) is 0.328. The van der Waals surface area contributed by atoms with Crippen molar-refractivity contribution in [1.29, 1.82) is 0 Å². The zero-order valence-corrected chi connectivity index (χ0v) is 6.50. The zero-order chi connectivity index (χ0) is 6.41. The molecule has 0 spiro atoms. The lowest BCUT2D eigenvalue weighted by Gasteiger charge is -1.78. The highest BCUT2D eigenvalue weighted by molar-refractivity contribution is 14.1. The van der Waals surface area contributed by atoms with Crippen LogP contribution in [0.5, 0.6) is 0 Å². The number of hydrogen-bond donors (Lipinski definition) is 1. The number of hydrogen-bond acceptors (Lipinski definition) is 1. The molecule has 0 unspecified atom stereocenters. The first kappa shape index (κ1) is 7.68. The first-order valence-electron chi connectivity index (χ1n) is 2.02. The highest BCUT2D eigenvalue weighted by atomic mass is 127. The SMILES string of the molecule is C=C/C(I)=C\N=C/N. The van der Waals surface area contributed by atoms with Crippen LogP contribution in [0.15, 0.2) is 27.4 Å². The summed E-state index contributed by atoms with van der Waals surface area (Å²) in [7, 11) is 0. The summed E-state index contributed by atoms with van der Waals surface area (Å²) in [5.74, 6) is 0. The van der Waals surface area contributed by atoms with Crippen LogP contribution in [-0.4, -0.2) is 6.34 Å². The largest absolute Gasteiger partial charge is 0.390 e. The van der Waals surface area contributed by atoms with Gasteiger partial charge in [-0.1, -0.05) is 12.7 Å². The quantitative estimate of drug-likeness (QED) is 0.326. The lowest BCUT2D eigenvalue weighted by molar-refractivity contribution is 1.55. The van der Waals surface area contributed by atoms with Crippen molar-refractivity contribution < 1.29 is 0 Å². The number of rotatable bonds is 2. The van der Waals surface area contributed by atoms with Gasteiger partial charge in [0.25, 0.3) is 0 Å². The van der Waals surface area contributed by atoms with E-state index < -0.39 is 0 Å². The Morgan fingerprint density at radius 1 is 1.75 bits per heavy atom. The van der Waals surface area contributed by atoms with E-state index in [0.29, 0.717) is 0 Å². The minimum atomic E-state index is 0.976. The summed E-state index contributed by atoms with van der Waals surface area (Å²) in [5, 5.41) is 0. The molecule has 0 aliphatic carbocycles. The minimum absolute atomic E-state index is 0.976. The normalized spacial score (nSPS) is 12.4. The molecule has 0 aromatic carbocycles. The molecule has 3 heteroatoms. The molecule has 8 heavy (non-hydrogen) atoms. The molecule has 2 N–H and O–H groups in total. The predicted octanol–water partition coefficient (Wildman–Crippen LogP) is 1.44. The third kappa shape index (κ3) is 3.86. The summed E-state index contributed by atoms with van der Waals surface area (Å²) < 4.78 is 0.976. The summed E-state index contributed by atoms with van der Waals surface area (Å²) in [5.41, 5.74) is 4.96. The molecule has 0 aromatic heterocycles. The van der Waals surface area contributed by atoms with Crippen molar-refractivity contribution in [3.63, 3.8) is 0 Å². The van der Waals surface area contributed by atoms with Gasteiger partial charge in [-0.15, -0.1) is 0 Å². The van der Waals surface area contributed by atoms with Gasteiger partial charge in [-0.25, -0.2) is 4.99 Å². The van der Waals surface area contributed by atoms with Gasteiger partial charge in [0.05, 0.1) is 6.34 Å². The Kier molecular flexibility index (Phi) is 4.64. The first-order valence-corrected chi connectivity index (χ1v) is 3.10. The third-order valence-corrected chi connectivity index (χ3v) is 1.20. The monoisotopic (exact) mass is 222 g/mol. The highest BCUT2D eigenvalue weighted by Crippen LogP contribution is 2.04. The average Bonchev–Trinajstić information content (AvgIpc) is 1.83. The standard InChI is InChI=1S/C5H7IN2/c1-2-5(6)3-8-4-7/h2-4H,1H2,(H2,7,8)/b5-3+. The molecule has 0 amide bonds. The van der Waals surface area contributed by atoms with E-state index in [1.165, 1.54) is 6.34 Å². The molecule has 0 saturated carbocycles. The van der Waals surface area contributed by atoms with E-state index in [1.807, 2.05) is 0 Å². The van der Waals surface area contributed by atoms with Gasteiger partial charge in [0.2, 0.25) is 0 Å². The molecular formula is C5H7IN2. The summed E-state index contributed by atoms with van der Waals surface area (Å²) in [6.45, 7) is 3.52. The lowest BCUT2D eigenvalue weighted by Crippen LogP contribution is -1.85. The zero-order valence-electron chi connectivity index (χ0n) is 4.34. The Balaban J connectivity index is 3.74. The van der Waals surface area contributed by atoms with Crippen LogP contribution in [-0.2, 0) is 0 Å². The number of nitrogens with two attached hydrogens (primary N) is 1. The van der Waals surface area contributed by atoms with E-state index >= 15 is 0 Å². The molecule has 44 valence electrons. The molecule has 0 atom stereocenters. The molecule has 0 saturated heterocycles. The maximum atomic E-state index is 4.96. The number of nitrogens with zero attached hydrogens (tertiary/aromatic N) is 1. The summed E-state index contributed by atoms with van der Waals surface area (Å²) in [6, 6.07) is 0. The molecule has 0 heterocycles. The number of allylic oxidation sites excluding steroid dienone is 2. The summed E-state index contributed by atoms with van der Waals surface area (Å²) >= 11 is 2.10. The van der Waals surface area contributed by atoms with Crippen molar-refractivity contribution in [2.24, 2.45) is 10.7 Å². The van der Waals surface area contributed by atoms with Gasteiger partial charge in [0.15, 0.2) is 0 Å². The van der Waals surface area contributed by atoms with Crippen LogP contribution in [0, 0.1) is 0 Å². The van der Waals surface area contributed by atoms with Crippen molar-refractivity contribution >= 4 is 28.9 Å². The topological polar surface area (TPSA) is 38.4 Å². The second kappa shape index (κ2) is 4.83. The van der Waals surface area contributed by atoms with Crippen molar-refractivity contribution in [3.8, 4) is 0 Å². The molecule has 0 aliphatic rings. The number of aliphatic imine (C=N–C) groups is 1. The third-order valence-electron chi connectivity index (χ3n) is 0.479. The van der Waals surface area contributed by atoms with E-state index in [4.69, 9.17) is 5.73 Å². The van der Waals surface area contributed by atoms with Gasteiger partial charge in [0.1, 0.15) is 0 Å². The van der Waals surface area contributed by atoms with Gasteiger partial charge >= 0.3 is 0 Å². The predicted molar refractivity (Wildman–Crippen MR) is 45.0 cm³/mol. The van der Waals surface area contributed by atoms with Crippen LogP contribution in [0.1, 0.15) is 0 Å². The van der Waals surface area contributed by atoms with Crippen LogP contribution in [0.4, 0.5) is 0 Å². The Labute approximate surface area is 62.3 Å². The van der Waals surface area contributed by atoms with Gasteiger partial charge in [-0.2, -0.15) is 0 Å². The Bertz CT molecular complexity index is 126. The maximum absolute atomic E-state index is 4.96. The van der Waals surface area contributed by atoms with E-state index in [-0.39, 0.29) is 0 Å². The molecule has 0 aliphatic heterocycles. The van der Waals surface area contributed by atoms with E-state index in [1.54, 1.807) is 12.3 Å². The molecule has 0 rings (SSSR count). The van der Waals surface area contributed by atoms with Crippen molar-refractivity contribution in [3.05, 3.63) is 22.4 Å². The average molecular weight is 222 g/mol. The maximum Gasteiger partial charge on any atom is 0.0853 e. The molecule has 2 nitrogen and oxygen atoms in total. The van der Waals surface area contributed by atoms with Crippen LogP contribution < -0.4 is 5.73 Å². The van der Waals surface area contributed by atoms with Crippen LogP contribution in [0.3, 0.4) is 0 Å². The van der Waals surface area contributed by atoms with Gasteiger partial charge in [-0.3, -0.25) is 0 Å². The highest BCUT2D eigenvalue weighted by Gasteiger charge is 1.74. The molecule has 0 radical (unpaired) electrons. The molecule has 0 fully saturated rings. The smallest absolute Gasteiger partial charge is 0.0853 e. The van der Waals surface area contributed by atoms with E-state index in [9.17, 15) is 0 Å². The Morgan fingerprint density at radius 2 is 2.38 bits per heavy atom. The minimum Gasteiger partial charge on any atom is -0.390 e. The van der Waals surface area contributed by atoms with Gasteiger partial charge in [-0.05, 0) is 22.6 Å². The molecule has 0 bridgehead atoms. The Hall–Kier alpha value is -0.320. The van der Waals surface area contributed by atoms with Crippen LogP contribution in [0.25, 0.3) is 0 Å². The van der Waals surface area contributed by atoms with Crippen molar-refractivity contribution in [2.45, 2.75) is 0 Å². The van der Waals surface area contributed by atoms with Crippen LogP contribution in [0.2, 0.25) is 0 Å². The summed E-state index contributed by atoms with van der Waals surface area (Å²) in [4.78, 5) is 3.65. The first-order chi connectivity index (χ1) is 3.81. The number of halogens is 1. The van der Waals surface area contributed by atoms with E-state index in [2.05, 4.69) is 34.2 Å². The lowest BCUT2D eigenvalue weighted by atomic mass is 10.6. The Morgan fingerprint density at radius 3 is 2.75 bits per heavy atom. The fourth-order valence-electron chi connectivity index (χ4n) is 0.167. The van der Waals surface area contributed by atoms with Crippen molar-refractivity contribution in [1.82, 2.24) is 0 Å². The summed E-state index contributed by atoms with van der Waals surface area (Å²) in [6.07, 6.45) is 4.57. The van der Waals surface area contributed by atoms with Gasteiger partial charge in [0, 0.05) is 9.78 Å². The van der Waals surface area contributed by atoms with E-state index in [0.717, 1.165) is 3.58 Å². The second-order valence-corrected chi connectivity index (χ2v) is 2.26. The second-order valence-electron chi connectivity index (χ2n) is 1.02. The van der Waals surface area contributed by atoms with Gasteiger partial charge < -0.3 is 5.73 Å². The fraction of sp³-hybridized carbons (Fsp3) is 0. The molecule has 0 aromatic rings. The molecular weight excluding hydrogens is 215 g/mol. The van der Waals surface area contributed by atoms with Crippen molar-refractivity contribution in [2.75, 3.05) is 0 Å².